The molecule has 68 valence electrons. The van der Waals surface area contributed by atoms with Crippen molar-refractivity contribution in [2.24, 2.45) is 0 Å². The van der Waals surface area contributed by atoms with Gasteiger partial charge < -0.3 is 9.47 Å². The predicted octanol–water partition coefficient (Wildman–Crippen LogP) is 0.669. The van der Waals surface area contributed by atoms with Crippen molar-refractivity contribution in [3.63, 3.8) is 0 Å². The summed E-state index contributed by atoms with van der Waals surface area (Å²) in [5.74, 6) is -0.752. The molecule has 4 nitrogen and oxygen atoms in total. The van der Waals surface area contributed by atoms with Crippen LogP contribution >= 0.6 is 0 Å². The minimum atomic E-state index is -0.665. The lowest BCUT2D eigenvalue weighted by Gasteiger charge is -2.05. The molecule has 0 atom stereocenters. The quantitative estimate of drug-likeness (QED) is 0.206. The lowest BCUT2D eigenvalue weighted by atomic mass is 10.1. The molecule has 0 aliphatic heterocycles. The van der Waals surface area contributed by atoms with Gasteiger partial charge in [0.05, 0.1) is 14.2 Å². The van der Waals surface area contributed by atoms with Crippen LogP contribution in [-0.4, -0.2) is 26.0 Å². The molecule has 0 aromatic rings. The predicted molar refractivity (Wildman–Crippen MR) is 42.4 cm³/mol. The highest BCUT2D eigenvalue weighted by atomic mass is 16.5. The van der Waals surface area contributed by atoms with E-state index in [0.29, 0.717) is 0 Å². The lowest BCUT2D eigenvalue weighted by molar-refractivity contribution is -0.137. The zero-order valence-corrected chi connectivity index (χ0v) is 7.63. The maximum atomic E-state index is 11.0. The summed E-state index contributed by atoms with van der Waals surface area (Å²) < 4.78 is 9.15. The number of hydrogen-bond acceptors (Lipinski definition) is 4. The molecule has 0 radical (unpaired) electrons. The van der Waals surface area contributed by atoms with Crippen LogP contribution in [0, 0.1) is 0 Å². The first-order chi connectivity index (χ1) is 5.54. The summed E-state index contributed by atoms with van der Waals surface area (Å²) in [6.07, 6.45) is 0. The molecule has 0 saturated carbocycles. The first-order valence-electron chi connectivity index (χ1n) is 3.38. The Bertz CT molecular complexity index is 227. The van der Waals surface area contributed by atoms with E-state index < -0.39 is 5.97 Å². The Balaban J connectivity index is 4.91. The Morgan fingerprint density at radius 2 is 1.50 bits per heavy atom. The monoisotopic (exact) mass is 172 g/mol. The van der Waals surface area contributed by atoms with Crippen LogP contribution in [0.5, 0.6) is 0 Å². The average molecular weight is 172 g/mol. The number of carbonyl (C=O) groups excluding carboxylic acids is 2. The van der Waals surface area contributed by atoms with Crippen molar-refractivity contribution >= 4 is 11.8 Å². The van der Waals surface area contributed by atoms with Crippen molar-refractivity contribution < 1.29 is 19.1 Å². The van der Waals surface area contributed by atoms with E-state index >= 15 is 0 Å². The SMILES string of the molecule is COC(=O)C(C(C)=O)=C(C)OC. The van der Waals surface area contributed by atoms with Crippen molar-refractivity contribution in [1.82, 2.24) is 0 Å². The molecule has 0 aromatic heterocycles. The molecular formula is C8H12O4. The highest BCUT2D eigenvalue weighted by molar-refractivity contribution is 6.16. The largest absolute Gasteiger partial charge is 0.500 e. The smallest absolute Gasteiger partial charge is 0.344 e. The van der Waals surface area contributed by atoms with E-state index in [1.807, 2.05) is 0 Å². The maximum Gasteiger partial charge on any atom is 0.344 e. The second-order valence-corrected chi connectivity index (χ2v) is 2.18. The third-order valence-electron chi connectivity index (χ3n) is 1.40. The third kappa shape index (κ3) is 2.38. The van der Waals surface area contributed by atoms with Gasteiger partial charge in [-0.2, -0.15) is 0 Å². The molecule has 0 saturated heterocycles. The molecule has 0 aliphatic carbocycles. The summed E-state index contributed by atoms with van der Waals surface area (Å²) in [4.78, 5) is 21.9. The van der Waals surface area contributed by atoms with E-state index in [4.69, 9.17) is 4.74 Å². The van der Waals surface area contributed by atoms with Crippen LogP contribution in [0.25, 0.3) is 0 Å². The third-order valence-corrected chi connectivity index (χ3v) is 1.40. The first-order valence-corrected chi connectivity index (χ1v) is 3.38. The summed E-state index contributed by atoms with van der Waals surface area (Å²) >= 11 is 0. The first kappa shape index (κ1) is 10.7. The number of hydrogen-bond donors (Lipinski definition) is 0. The highest BCUT2D eigenvalue weighted by Crippen LogP contribution is 2.07. The summed E-state index contributed by atoms with van der Waals surface area (Å²) in [6, 6.07) is 0. The van der Waals surface area contributed by atoms with Gasteiger partial charge in [-0.15, -0.1) is 0 Å². The molecule has 4 heteroatoms. The van der Waals surface area contributed by atoms with Crippen molar-refractivity contribution in [2.75, 3.05) is 14.2 Å². The standard InChI is InChI=1S/C8H12O4/c1-5(9)7(6(2)11-3)8(10)12-4/h1-4H3. The topological polar surface area (TPSA) is 52.6 Å². The van der Waals surface area contributed by atoms with E-state index in [1.54, 1.807) is 0 Å². The molecular weight excluding hydrogens is 160 g/mol. The Morgan fingerprint density at radius 1 is 1.00 bits per heavy atom. The van der Waals surface area contributed by atoms with Crippen LogP contribution in [0.15, 0.2) is 11.3 Å². The fourth-order valence-corrected chi connectivity index (χ4v) is 0.739. The van der Waals surface area contributed by atoms with Crippen molar-refractivity contribution in [3.05, 3.63) is 11.3 Å². The maximum absolute atomic E-state index is 11.0. The molecule has 0 fully saturated rings. The van der Waals surface area contributed by atoms with E-state index in [-0.39, 0.29) is 17.1 Å². The molecule has 0 N–H and O–H groups in total. The van der Waals surface area contributed by atoms with Crippen LogP contribution in [-0.2, 0) is 19.1 Å². The van der Waals surface area contributed by atoms with Crippen molar-refractivity contribution in [2.45, 2.75) is 13.8 Å². The number of esters is 1. The summed E-state index contributed by atoms with van der Waals surface area (Å²) in [7, 11) is 2.61. The number of ether oxygens (including phenoxy) is 2. The summed E-state index contributed by atoms with van der Waals surface area (Å²) in [6.45, 7) is 2.82. The van der Waals surface area contributed by atoms with Gasteiger partial charge in [-0.05, 0) is 13.8 Å². The van der Waals surface area contributed by atoms with Crippen LogP contribution < -0.4 is 0 Å². The van der Waals surface area contributed by atoms with Gasteiger partial charge in [0.1, 0.15) is 11.3 Å². The zero-order chi connectivity index (χ0) is 9.72. The normalized spacial score (nSPS) is 11.7. The van der Waals surface area contributed by atoms with Crippen LogP contribution in [0.3, 0.4) is 0 Å². The van der Waals surface area contributed by atoms with Crippen molar-refractivity contribution in [1.29, 1.82) is 0 Å². The Labute approximate surface area is 71.2 Å². The Morgan fingerprint density at radius 3 is 1.75 bits per heavy atom. The number of methoxy groups -OCH3 is 2. The molecule has 0 unspecified atom stereocenters. The van der Waals surface area contributed by atoms with Crippen molar-refractivity contribution in [3.8, 4) is 0 Å². The van der Waals surface area contributed by atoms with Gasteiger partial charge >= 0.3 is 5.97 Å². The Hall–Kier alpha value is -1.32. The van der Waals surface area contributed by atoms with Gasteiger partial charge in [0.15, 0.2) is 5.78 Å². The number of rotatable bonds is 3. The number of Topliss-reactive ketones (excluding diaryl/α,β-unsaturated/α-hetero) is 1. The minimum absolute atomic E-state index is 0.0417. The molecule has 0 rings (SSSR count). The molecule has 0 bridgehead atoms. The molecule has 0 heterocycles. The van der Waals surface area contributed by atoms with Crippen LogP contribution in [0.4, 0.5) is 0 Å². The van der Waals surface area contributed by atoms with E-state index in [9.17, 15) is 9.59 Å². The van der Waals surface area contributed by atoms with E-state index in [2.05, 4.69) is 4.74 Å². The highest BCUT2D eigenvalue weighted by Gasteiger charge is 2.18. The van der Waals surface area contributed by atoms with Crippen LogP contribution in [0.1, 0.15) is 13.8 Å². The van der Waals surface area contributed by atoms with Gasteiger partial charge in [-0.1, -0.05) is 0 Å². The fraction of sp³-hybridized carbons (Fsp3) is 0.500. The second kappa shape index (κ2) is 4.54. The average Bonchev–Trinajstić information content (AvgIpc) is 2.03. The fourth-order valence-electron chi connectivity index (χ4n) is 0.739. The lowest BCUT2D eigenvalue weighted by Crippen LogP contribution is -2.14. The molecule has 0 aromatic carbocycles. The summed E-state index contributed by atoms with van der Waals surface area (Å²) in [5, 5.41) is 0. The molecule has 0 amide bonds. The van der Waals surface area contributed by atoms with Gasteiger partial charge in [-0.3, -0.25) is 4.79 Å². The minimum Gasteiger partial charge on any atom is -0.500 e. The van der Waals surface area contributed by atoms with Gasteiger partial charge in [-0.25, -0.2) is 4.79 Å². The van der Waals surface area contributed by atoms with Gasteiger partial charge in [0.2, 0.25) is 0 Å². The van der Waals surface area contributed by atoms with Gasteiger partial charge in [0.25, 0.3) is 0 Å². The number of carbonyl (C=O) groups is 2. The molecule has 0 aliphatic rings. The summed E-state index contributed by atoms with van der Waals surface area (Å²) in [5.41, 5.74) is -0.0417. The molecule has 0 spiro atoms. The number of ketones is 1. The van der Waals surface area contributed by atoms with Crippen LogP contribution in [0.2, 0.25) is 0 Å². The van der Waals surface area contributed by atoms with E-state index in [1.165, 1.54) is 28.1 Å². The second-order valence-electron chi connectivity index (χ2n) is 2.18. The molecule has 12 heavy (non-hydrogen) atoms. The zero-order valence-electron chi connectivity index (χ0n) is 7.63. The van der Waals surface area contributed by atoms with Gasteiger partial charge in [0, 0.05) is 0 Å². The number of allylic oxidation sites excluding steroid dienone is 1. The Kier molecular flexibility index (Phi) is 4.04. The van der Waals surface area contributed by atoms with E-state index in [0.717, 1.165) is 0 Å².